The summed E-state index contributed by atoms with van der Waals surface area (Å²) in [5.74, 6) is -0.178. The number of carbonyl (C=O) groups is 3. The SMILES string of the molecule is CCNC(=O)NC(=O)CN(CC)CC(=O)Nc1ccccc1OC. The van der Waals surface area contributed by atoms with Gasteiger partial charge in [0.2, 0.25) is 11.8 Å². The quantitative estimate of drug-likeness (QED) is 0.652. The van der Waals surface area contributed by atoms with Gasteiger partial charge >= 0.3 is 6.03 Å². The number of carbonyl (C=O) groups excluding carboxylic acids is 3. The van der Waals surface area contributed by atoms with Gasteiger partial charge in [-0.3, -0.25) is 19.8 Å². The van der Waals surface area contributed by atoms with Crippen LogP contribution in [0.15, 0.2) is 24.3 Å². The Bertz CT molecular complexity index is 577. The van der Waals surface area contributed by atoms with Gasteiger partial charge in [0, 0.05) is 6.54 Å². The molecule has 132 valence electrons. The largest absolute Gasteiger partial charge is 0.495 e. The van der Waals surface area contributed by atoms with E-state index in [1.54, 1.807) is 36.1 Å². The maximum Gasteiger partial charge on any atom is 0.321 e. The molecule has 0 saturated carbocycles. The fourth-order valence-corrected chi connectivity index (χ4v) is 1.99. The summed E-state index contributed by atoms with van der Waals surface area (Å²) in [5, 5.41) is 7.42. The molecule has 0 aliphatic heterocycles. The van der Waals surface area contributed by atoms with Crippen molar-refractivity contribution in [3.8, 4) is 5.75 Å². The number of nitrogens with one attached hydrogen (secondary N) is 3. The number of ether oxygens (including phenoxy) is 1. The zero-order valence-electron chi connectivity index (χ0n) is 14.2. The van der Waals surface area contributed by atoms with Crippen LogP contribution in [0.3, 0.4) is 0 Å². The summed E-state index contributed by atoms with van der Waals surface area (Å²) < 4.78 is 5.17. The zero-order valence-corrected chi connectivity index (χ0v) is 14.2. The van der Waals surface area contributed by atoms with Crippen molar-refractivity contribution >= 4 is 23.5 Å². The lowest BCUT2D eigenvalue weighted by Gasteiger charge is -2.19. The summed E-state index contributed by atoms with van der Waals surface area (Å²) in [6.07, 6.45) is 0. The van der Waals surface area contributed by atoms with Crippen molar-refractivity contribution < 1.29 is 19.1 Å². The topological polar surface area (TPSA) is 99.8 Å². The Kier molecular flexibility index (Phi) is 8.28. The molecule has 24 heavy (non-hydrogen) atoms. The standard InChI is InChI=1S/C16H24N4O4/c1-4-17-16(23)19-15(22)11-20(5-2)10-14(21)18-12-8-6-7-9-13(12)24-3/h6-9H,4-5,10-11H2,1-3H3,(H,18,21)(H2,17,19,22,23). The monoisotopic (exact) mass is 336 g/mol. The molecule has 1 aromatic carbocycles. The smallest absolute Gasteiger partial charge is 0.321 e. The van der Waals surface area contributed by atoms with E-state index in [9.17, 15) is 14.4 Å². The van der Waals surface area contributed by atoms with Gasteiger partial charge in [0.25, 0.3) is 0 Å². The van der Waals surface area contributed by atoms with E-state index < -0.39 is 11.9 Å². The summed E-state index contributed by atoms with van der Waals surface area (Å²) in [6, 6.07) is 6.52. The molecule has 3 N–H and O–H groups in total. The van der Waals surface area contributed by atoms with Crippen molar-refractivity contribution in [2.45, 2.75) is 13.8 Å². The van der Waals surface area contributed by atoms with Gasteiger partial charge in [0.05, 0.1) is 25.9 Å². The number of para-hydroxylation sites is 2. The van der Waals surface area contributed by atoms with Crippen molar-refractivity contribution in [3.63, 3.8) is 0 Å². The van der Waals surface area contributed by atoms with Crippen LogP contribution in [-0.4, -0.2) is 56.0 Å². The molecule has 4 amide bonds. The van der Waals surface area contributed by atoms with Crippen LogP contribution in [0.4, 0.5) is 10.5 Å². The van der Waals surface area contributed by atoms with Crippen LogP contribution in [0, 0.1) is 0 Å². The number of hydrogen-bond acceptors (Lipinski definition) is 5. The summed E-state index contributed by atoms with van der Waals surface area (Å²) in [5.41, 5.74) is 0.563. The third-order valence-electron chi connectivity index (χ3n) is 3.15. The molecule has 0 radical (unpaired) electrons. The number of rotatable bonds is 8. The van der Waals surface area contributed by atoms with Gasteiger partial charge in [0.1, 0.15) is 5.75 Å². The van der Waals surface area contributed by atoms with E-state index in [0.29, 0.717) is 24.5 Å². The number of likely N-dealkylation sites (N-methyl/N-ethyl adjacent to an activating group) is 1. The molecule has 0 saturated heterocycles. The summed E-state index contributed by atoms with van der Waals surface area (Å²) in [6.45, 7) is 4.48. The Morgan fingerprint density at radius 3 is 2.38 bits per heavy atom. The van der Waals surface area contributed by atoms with E-state index in [0.717, 1.165) is 0 Å². The van der Waals surface area contributed by atoms with Gasteiger partial charge in [-0.2, -0.15) is 0 Å². The third kappa shape index (κ3) is 6.66. The van der Waals surface area contributed by atoms with Crippen molar-refractivity contribution in [1.29, 1.82) is 0 Å². The minimum absolute atomic E-state index is 0.0252. The lowest BCUT2D eigenvalue weighted by atomic mass is 10.3. The highest BCUT2D eigenvalue weighted by Gasteiger charge is 2.15. The van der Waals surface area contributed by atoms with E-state index in [1.807, 2.05) is 6.92 Å². The molecule has 0 unspecified atom stereocenters. The minimum Gasteiger partial charge on any atom is -0.495 e. The number of hydrogen-bond donors (Lipinski definition) is 3. The second-order valence-electron chi connectivity index (χ2n) is 4.96. The van der Waals surface area contributed by atoms with E-state index in [-0.39, 0.29) is 19.0 Å². The molecule has 1 aromatic rings. The Morgan fingerprint density at radius 1 is 1.08 bits per heavy atom. The number of amides is 4. The lowest BCUT2D eigenvalue weighted by Crippen LogP contribution is -2.46. The highest BCUT2D eigenvalue weighted by atomic mass is 16.5. The Labute approximate surface area is 141 Å². The molecule has 0 spiro atoms. The summed E-state index contributed by atoms with van der Waals surface area (Å²) in [7, 11) is 1.52. The van der Waals surface area contributed by atoms with E-state index in [1.165, 1.54) is 7.11 Å². The summed E-state index contributed by atoms with van der Waals surface area (Å²) in [4.78, 5) is 36.8. The summed E-state index contributed by atoms with van der Waals surface area (Å²) >= 11 is 0. The number of anilines is 1. The van der Waals surface area contributed by atoms with E-state index in [4.69, 9.17) is 4.74 Å². The molecule has 0 fully saturated rings. The van der Waals surface area contributed by atoms with E-state index >= 15 is 0 Å². The van der Waals surface area contributed by atoms with Crippen LogP contribution in [0.25, 0.3) is 0 Å². The normalized spacial score (nSPS) is 10.2. The first-order valence-electron chi connectivity index (χ1n) is 7.73. The molecule has 8 heteroatoms. The first kappa shape index (κ1) is 19.4. The van der Waals surface area contributed by atoms with Crippen LogP contribution in [0.1, 0.15) is 13.8 Å². The highest BCUT2D eigenvalue weighted by molar-refractivity contribution is 5.96. The first-order chi connectivity index (χ1) is 11.5. The van der Waals surface area contributed by atoms with Crippen molar-refractivity contribution in [1.82, 2.24) is 15.5 Å². The van der Waals surface area contributed by atoms with Crippen LogP contribution < -0.4 is 20.7 Å². The van der Waals surface area contributed by atoms with Gasteiger partial charge in [-0.25, -0.2) is 4.79 Å². The Balaban J connectivity index is 2.53. The van der Waals surface area contributed by atoms with Crippen LogP contribution in [0.2, 0.25) is 0 Å². The first-order valence-corrected chi connectivity index (χ1v) is 7.73. The fraction of sp³-hybridized carbons (Fsp3) is 0.438. The molecule has 0 bridgehead atoms. The van der Waals surface area contributed by atoms with Crippen LogP contribution in [-0.2, 0) is 9.59 Å². The maximum absolute atomic E-state index is 12.1. The molecule has 0 aliphatic rings. The molecular weight excluding hydrogens is 312 g/mol. The predicted molar refractivity (Wildman–Crippen MR) is 91.0 cm³/mol. The molecular formula is C16H24N4O4. The molecule has 0 aromatic heterocycles. The fourth-order valence-electron chi connectivity index (χ4n) is 1.99. The number of benzene rings is 1. The number of urea groups is 1. The van der Waals surface area contributed by atoms with Gasteiger partial charge in [-0.1, -0.05) is 19.1 Å². The predicted octanol–water partition coefficient (Wildman–Crippen LogP) is 0.801. The minimum atomic E-state index is -0.544. The van der Waals surface area contributed by atoms with Crippen LogP contribution in [0.5, 0.6) is 5.75 Å². The van der Waals surface area contributed by atoms with Crippen molar-refractivity contribution in [3.05, 3.63) is 24.3 Å². The zero-order chi connectivity index (χ0) is 17.9. The number of imide groups is 1. The van der Waals surface area contributed by atoms with Crippen molar-refractivity contribution in [2.24, 2.45) is 0 Å². The average Bonchev–Trinajstić information content (AvgIpc) is 2.54. The van der Waals surface area contributed by atoms with E-state index in [2.05, 4.69) is 16.0 Å². The Hall–Kier alpha value is -2.61. The molecule has 0 atom stereocenters. The third-order valence-corrected chi connectivity index (χ3v) is 3.15. The number of methoxy groups -OCH3 is 1. The molecule has 8 nitrogen and oxygen atoms in total. The maximum atomic E-state index is 12.1. The highest BCUT2D eigenvalue weighted by Crippen LogP contribution is 2.22. The molecule has 0 aliphatic carbocycles. The van der Waals surface area contributed by atoms with Crippen molar-refractivity contribution in [2.75, 3.05) is 38.6 Å². The van der Waals surface area contributed by atoms with Crippen LogP contribution >= 0.6 is 0 Å². The lowest BCUT2D eigenvalue weighted by molar-refractivity contribution is -0.122. The van der Waals surface area contributed by atoms with Gasteiger partial charge in [-0.05, 0) is 25.6 Å². The second-order valence-corrected chi connectivity index (χ2v) is 4.96. The second kappa shape index (κ2) is 10.2. The van der Waals surface area contributed by atoms with Gasteiger partial charge < -0.3 is 15.4 Å². The molecule has 0 heterocycles. The number of nitrogens with zero attached hydrogens (tertiary/aromatic N) is 1. The average molecular weight is 336 g/mol. The molecule has 1 rings (SSSR count). The van der Waals surface area contributed by atoms with Gasteiger partial charge in [-0.15, -0.1) is 0 Å². The van der Waals surface area contributed by atoms with Gasteiger partial charge in [0.15, 0.2) is 0 Å². The Morgan fingerprint density at radius 2 is 1.75 bits per heavy atom.